The van der Waals surface area contributed by atoms with Crippen LogP contribution in [0, 0.1) is 5.92 Å². The van der Waals surface area contributed by atoms with Gasteiger partial charge in [0.1, 0.15) is 6.04 Å². The second kappa shape index (κ2) is 5.72. The lowest BCUT2D eigenvalue weighted by Gasteiger charge is -2.15. The molecule has 0 radical (unpaired) electrons. The van der Waals surface area contributed by atoms with Crippen LogP contribution < -0.4 is 5.32 Å². The average molecular weight is 260 g/mol. The van der Waals surface area contributed by atoms with Crippen LogP contribution in [0.25, 0.3) is 0 Å². The standard InChI is InChI=1S/C11H14ClNO4/c1-6(2)5-8(11(15)16)13-10(14)7-3-4-17-9(7)12/h3-4,6,8H,5H2,1-2H3,(H,13,14)(H,15,16). The predicted octanol–water partition coefficient (Wildman–Crippen LogP) is 2.16. The molecule has 1 aromatic heterocycles. The van der Waals surface area contributed by atoms with Crippen molar-refractivity contribution in [3.8, 4) is 0 Å². The molecule has 0 spiro atoms. The van der Waals surface area contributed by atoms with E-state index in [0.717, 1.165) is 0 Å². The highest BCUT2D eigenvalue weighted by molar-refractivity contribution is 6.32. The summed E-state index contributed by atoms with van der Waals surface area (Å²) < 4.78 is 4.77. The number of nitrogens with one attached hydrogen (secondary N) is 1. The van der Waals surface area contributed by atoms with Gasteiger partial charge in [0, 0.05) is 0 Å². The Kier molecular flexibility index (Phi) is 4.57. The monoisotopic (exact) mass is 259 g/mol. The van der Waals surface area contributed by atoms with Gasteiger partial charge in [-0.25, -0.2) is 4.79 Å². The fourth-order valence-corrected chi connectivity index (χ4v) is 1.58. The molecule has 1 atom stereocenters. The van der Waals surface area contributed by atoms with E-state index in [2.05, 4.69) is 5.32 Å². The van der Waals surface area contributed by atoms with Gasteiger partial charge in [0.25, 0.3) is 5.91 Å². The number of amides is 1. The smallest absolute Gasteiger partial charge is 0.326 e. The molecule has 94 valence electrons. The fraction of sp³-hybridized carbons (Fsp3) is 0.455. The Morgan fingerprint density at radius 1 is 1.53 bits per heavy atom. The van der Waals surface area contributed by atoms with Gasteiger partial charge in [-0.3, -0.25) is 4.79 Å². The Morgan fingerprint density at radius 2 is 2.18 bits per heavy atom. The van der Waals surface area contributed by atoms with E-state index in [-0.39, 0.29) is 16.7 Å². The number of halogens is 1. The minimum atomic E-state index is -1.06. The molecular weight excluding hydrogens is 246 g/mol. The van der Waals surface area contributed by atoms with Gasteiger partial charge in [0.2, 0.25) is 5.22 Å². The second-order valence-electron chi connectivity index (χ2n) is 4.10. The summed E-state index contributed by atoms with van der Waals surface area (Å²) in [6.45, 7) is 3.76. The van der Waals surface area contributed by atoms with Gasteiger partial charge in [-0.15, -0.1) is 0 Å². The van der Waals surface area contributed by atoms with Crippen molar-refractivity contribution >= 4 is 23.5 Å². The summed E-state index contributed by atoms with van der Waals surface area (Å²) in [7, 11) is 0. The van der Waals surface area contributed by atoms with Gasteiger partial charge in [0.05, 0.1) is 11.8 Å². The fourth-order valence-electron chi connectivity index (χ4n) is 1.38. The Labute approximate surface area is 104 Å². The number of hydrogen-bond acceptors (Lipinski definition) is 3. The first-order valence-electron chi connectivity index (χ1n) is 5.18. The summed E-state index contributed by atoms with van der Waals surface area (Å²) in [5, 5.41) is 11.3. The molecule has 0 saturated heterocycles. The van der Waals surface area contributed by atoms with E-state index in [4.69, 9.17) is 21.1 Å². The minimum absolute atomic E-state index is 0.0452. The van der Waals surface area contributed by atoms with Crippen LogP contribution in [0.4, 0.5) is 0 Å². The van der Waals surface area contributed by atoms with E-state index < -0.39 is 17.9 Å². The van der Waals surface area contributed by atoms with Crippen LogP contribution >= 0.6 is 11.6 Å². The van der Waals surface area contributed by atoms with Gasteiger partial charge >= 0.3 is 5.97 Å². The maximum Gasteiger partial charge on any atom is 0.326 e. The lowest BCUT2D eigenvalue weighted by atomic mass is 10.0. The molecule has 1 aromatic rings. The quantitative estimate of drug-likeness (QED) is 0.849. The van der Waals surface area contributed by atoms with Crippen LogP contribution in [-0.4, -0.2) is 23.0 Å². The van der Waals surface area contributed by atoms with Crippen LogP contribution in [0.15, 0.2) is 16.7 Å². The highest BCUT2D eigenvalue weighted by atomic mass is 35.5. The van der Waals surface area contributed by atoms with Crippen molar-refractivity contribution in [1.82, 2.24) is 5.32 Å². The van der Waals surface area contributed by atoms with Crippen LogP contribution in [0.2, 0.25) is 5.22 Å². The summed E-state index contributed by atoms with van der Waals surface area (Å²) in [6.07, 6.45) is 1.63. The largest absolute Gasteiger partial charge is 0.480 e. The van der Waals surface area contributed by atoms with E-state index in [1.807, 2.05) is 13.8 Å². The molecule has 0 fully saturated rings. The molecule has 2 N–H and O–H groups in total. The van der Waals surface area contributed by atoms with Crippen molar-refractivity contribution in [2.24, 2.45) is 5.92 Å². The number of aliphatic carboxylic acids is 1. The van der Waals surface area contributed by atoms with Gasteiger partial charge in [0.15, 0.2) is 0 Å². The first kappa shape index (κ1) is 13.6. The number of carbonyl (C=O) groups is 2. The first-order valence-corrected chi connectivity index (χ1v) is 5.56. The van der Waals surface area contributed by atoms with E-state index in [0.29, 0.717) is 6.42 Å². The molecule has 1 rings (SSSR count). The van der Waals surface area contributed by atoms with Crippen LogP contribution in [0.3, 0.4) is 0 Å². The normalized spacial score (nSPS) is 12.5. The highest BCUT2D eigenvalue weighted by Crippen LogP contribution is 2.17. The number of carbonyl (C=O) groups excluding carboxylic acids is 1. The zero-order chi connectivity index (χ0) is 13.0. The molecular formula is C11H14ClNO4. The van der Waals surface area contributed by atoms with Gasteiger partial charge in [-0.05, 0) is 30.0 Å². The molecule has 1 amide bonds. The molecule has 0 saturated carbocycles. The summed E-state index contributed by atoms with van der Waals surface area (Å²) in [4.78, 5) is 22.7. The number of furan rings is 1. The third-order valence-electron chi connectivity index (χ3n) is 2.17. The Morgan fingerprint density at radius 3 is 2.59 bits per heavy atom. The molecule has 17 heavy (non-hydrogen) atoms. The van der Waals surface area contributed by atoms with Crippen molar-refractivity contribution in [3.05, 3.63) is 23.1 Å². The summed E-state index contributed by atoms with van der Waals surface area (Å²) in [5.41, 5.74) is 0.140. The summed E-state index contributed by atoms with van der Waals surface area (Å²) in [5.74, 6) is -1.44. The van der Waals surface area contributed by atoms with Crippen molar-refractivity contribution in [3.63, 3.8) is 0 Å². The molecule has 0 aliphatic heterocycles. The number of carboxylic acid groups (broad SMARTS) is 1. The lowest BCUT2D eigenvalue weighted by Crippen LogP contribution is -2.41. The summed E-state index contributed by atoms with van der Waals surface area (Å²) in [6, 6.07) is 0.472. The minimum Gasteiger partial charge on any atom is -0.480 e. The number of rotatable bonds is 5. The van der Waals surface area contributed by atoms with Crippen LogP contribution in [0.5, 0.6) is 0 Å². The molecule has 1 heterocycles. The second-order valence-corrected chi connectivity index (χ2v) is 4.45. The molecule has 6 heteroatoms. The van der Waals surface area contributed by atoms with E-state index in [1.165, 1.54) is 12.3 Å². The third kappa shape index (κ3) is 3.78. The SMILES string of the molecule is CC(C)CC(NC(=O)c1ccoc1Cl)C(=O)O. The molecule has 1 unspecified atom stereocenters. The molecule has 0 aromatic carbocycles. The van der Waals surface area contributed by atoms with E-state index >= 15 is 0 Å². The number of hydrogen-bond donors (Lipinski definition) is 2. The Balaban J connectivity index is 2.71. The first-order chi connectivity index (χ1) is 7.91. The topological polar surface area (TPSA) is 79.5 Å². The van der Waals surface area contributed by atoms with Crippen LogP contribution in [0.1, 0.15) is 30.6 Å². The van der Waals surface area contributed by atoms with Crippen LogP contribution in [-0.2, 0) is 4.79 Å². The van der Waals surface area contributed by atoms with Gasteiger partial charge in [-0.2, -0.15) is 0 Å². The van der Waals surface area contributed by atoms with Crippen molar-refractivity contribution in [2.75, 3.05) is 0 Å². The van der Waals surface area contributed by atoms with Crippen molar-refractivity contribution < 1.29 is 19.1 Å². The van der Waals surface area contributed by atoms with Gasteiger partial charge in [-0.1, -0.05) is 13.8 Å². The maximum atomic E-state index is 11.7. The molecule has 0 aliphatic carbocycles. The van der Waals surface area contributed by atoms with E-state index in [1.54, 1.807) is 0 Å². The lowest BCUT2D eigenvalue weighted by molar-refractivity contribution is -0.139. The molecule has 0 bridgehead atoms. The van der Waals surface area contributed by atoms with Crippen molar-refractivity contribution in [2.45, 2.75) is 26.3 Å². The summed E-state index contributed by atoms with van der Waals surface area (Å²) >= 11 is 5.63. The Bertz CT molecular complexity index is 413. The average Bonchev–Trinajstić information content (AvgIpc) is 2.62. The predicted molar refractivity (Wildman–Crippen MR) is 62.1 cm³/mol. The molecule has 0 aliphatic rings. The van der Waals surface area contributed by atoms with Crippen molar-refractivity contribution in [1.29, 1.82) is 0 Å². The maximum absolute atomic E-state index is 11.7. The van der Waals surface area contributed by atoms with Gasteiger partial charge < -0.3 is 14.8 Å². The highest BCUT2D eigenvalue weighted by Gasteiger charge is 2.23. The zero-order valence-electron chi connectivity index (χ0n) is 9.57. The third-order valence-corrected chi connectivity index (χ3v) is 2.47. The Hall–Kier alpha value is -1.49. The molecule has 5 nitrogen and oxygen atoms in total. The zero-order valence-corrected chi connectivity index (χ0v) is 10.3. The number of carboxylic acids is 1. The van der Waals surface area contributed by atoms with E-state index in [9.17, 15) is 9.59 Å².